The summed E-state index contributed by atoms with van der Waals surface area (Å²) in [5.74, 6) is 0.768. The molecule has 1 atom stereocenters. The lowest BCUT2D eigenvalue weighted by Gasteiger charge is -2.41. The van der Waals surface area contributed by atoms with Gasteiger partial charge in [0.2, 0.25) is 11.9 Å². The molecule has 14 nitrogen and oxygen atoms in total. The normalized spacial score (nSPS) is 15.0. The molecule has 4 rings (SSSR count). The van der Waals surface area contributed by atoms with Crippen LogP contribution in [0.3, 0.4) is 0 Å². The maximum Gasteiger partial charge on any atom is 0.410 e. The molecule has 14 heteroatoms. The Morgan fingerprint density at radius 3 is 2.55 bits per heavy atom. The molecule has 0 bridgehead atoms. The van der Waals surface area contributed by atoms with Crippen LogP contribution in [-0.4, -0.2) is 124 Å². The van der Waals surface area contributed by atoms with E-state index in [-0.39, 0.29) is 31.7 Å². The number of amides is 2. The van der Waals surface area contributed by atoms with E-state index in [4.69, 9.17) is 9.47 Å². The number of aliphatic hydroxyl groups excluding tert-OH is 1. The summed E-state index contributed by atoms with van der Waals surface area (Å²) in [6, 6.07) is 12.8. The number of aliphatic hydroxyl groups is 1. The molecule has 0 spiro atoms. The molecular weight excluding hydrogens is 628 g/mol. The molecule has 264 valence electrons. The summed E-state index contributed by atoms with van der Waals surface area (Å²) >= 11 is 0. The highest BCUT2D eigenvalue weighted by atomic mass is 16.6. The summed E-state index contributed by atoms with van der Waals surface area (Å²) in [5, 5.41) is 12.6. The van der Waals surface area contributed by atoms with Crippen molar-refractivity contribution in [1.29, 1.82) is 0 Å². The predicted octanol–water partition coefficient (Wildman–Crippen LogP) is 3.54. The summed E-state index contributed by atoms with van der Waals surface area (Å²) in [4.78, 5) is 58.2. The van der Waals surface area contributed by atoms with Crippen LogP contribution in [0.5, 0.6) is 0 Å². The third-order valence-corrected chi connectivity index (χ3v) is 7.94. The van der Waals surface area contributed by atoms with E-state index in [9.17, 15) is 19.5 Å². The van der Waals surface area contributed by atoms with E-state index in [1.807, 2.05) is 80.1 Å². The number of likely N-dealkylation sites (N-methyl/N-ethyl adjacent to an activating group) is 1. The molecule has 3 heterocycles. The minimum atomic E-state index is -0.623. The minimum Gasteiger partial charge on any atom is -0.464 e. The standard InChI is InChI=1S/C35H48N8O6/c1-25(45)48-24-29-21-43(34(47)49-35(2,3)4)18-17-42(29)22-32(46)41(6)16-8-15-40(5)31-12-11-27(20-37-31)30-13-14-36-33(39-30)38-28-10-7-9-26(19-28)23-44/h7,9-14,19-20,29,44H,8,15-18,21-24H2,1-6H3,(H,36,38,39). The third kappa shape index (κ3) is 11.4. The van der Waals surface area contributed by atoms with Gasteiger partial charge in [-0.2, -0.15) is 0 Å². The van der Waals surface area contributed by atoms with Crippen LogP contribution in [0.1, 0.15) is 39.7 Å². The van der Waals surface area contributed by atoms with Crippen LogP contribution in [0.2, 0.25) is 0 Å². The predicted molar refractivity (Wildman–Crippen MR) is 186 cm³/mol. The molecule has 3 aromatic rings. The number of hydrogen-bond acceptors (Lipinski definition) is 12. The highest BCUT2D eigenvalue weighted by Crippen LogP contribution is 2.22. The molecule has 1 aliphatic rings. The largest absolute Gasteiger partial charge is 0.464 e. The monoisotopic (exact) mass is 676 g/mol. The smallest absolute Gasteiger partial charge is 0.410 e. The van der Waals surface area contributed by atoms with Crippen LogP contribution in [0.4, 0.5) is 22.2 Å². The van der Waals surface area contributed by atoms with Crippen LogP contribution in [0.15, 0.2) is 54.9 Å². The van der Waals surface area contributed by atoms with E-state index in [0.29, 0.717) is 38.7 Å². The molecule has 1 unspecified atom stereocenters. The maximum atomic E-state index is 13.2. The molecule has 1 fully saturated rings. The minimum absolute atomic E-state index is 0.0456. The fourth-order valence-electron chi connectivity index (χ4n) is 5.26. The number of ether oxygens (including phenoxy) is 2. The van der Waals surface area contributed by atoms with Gasteiger partial charge in [0.1, 0.15) is 18.0 Å². The number of esters is 1. The van der Waals surface area contributed by atoms with Crippen molar-refractivity contribution in [2.24, 2.45) is 0 Å². The topological polar surface area (TPSA) is 154 Å². The van der Waals surface area contributed by atoms with Crippen LogP contribution in [-0.2, 0) is 25.7 Å². The van der Waals surface area contributed by atoms with Crippen LogP contribution in [0, 0.1) is 0 Å². The van der Waals surface area contributed by atoms with E-state index >= 15 is 0 Å². The van der Waals surface area contributed by atoms with E-state index in [0.717, 1.165) is 34.7 Å². The van der Waals surface area contributed by atoms with Gasteiger partial charge in [0, 0.05) is 77.4 Å². The molecule has 2 aromatic heterocycles. The molecule has 0 radical (unpaired) electrons. The lowest BCUT2D eigenvalue weighted by molar-refractivity contribution is -0.144. The van der Waals surface area contributed by atoms with Crippen LogP contribution < -0.4 is 10.2 Å². The fraction of sp³-hybridized carbons (Fsp3) is 0.486. The Balaban J connectivity index is 1.26. The number of nitrogens with zero attached hydrogens (tertiary/aromatic N) is 7. The number of pyridine rings is 1. The van der Waals surface area contributed by atoms with Crippen molar-refractivity contribution in [2.45, 2.75) is 52.4 Å². The van der Waals surface area contributed by atoms with Crippen molar-refractivity contribution in [2.75, 3.05) is 70.2 Å². The summed E-state index contributed by atoms with van der Waals surface area (Å²) in [5.41, 5.74) is 2.52. The molecule has 0 saturated carbocycles. The Hall–Kier alpha value is -4.82. The van der Waals surface area contributed by atoms with Crippen molar-refractivity contribution in [3.8, 4) is 11.3 Å². The second-order valence-corrected chi connectivity index (χ2v) is 13.1. The average Bonchev–Trinajstić information content (AvgIpc) is 3.07. The van der Waals surface area contributed by atoms with Gasteiger partial charge in [0.25, 0.3) is 0 Å². The molecule has 49 heavy (non-hydrogen) atoms. The fourth-order valence-corrected chi connectivity index (χ4v) is 5.26. The number of piperazine rings is 1. The molecule has 0 aliphatic carbocycles. The Kier molecular flexibility index (Phi) is 12.9. The van der Waals surface area contributed by atoms with E-state index in [1.54, 1.807) is 29.2 Å². The van der Waals surface area contributed by atoms with E-state index in [2.05, 4.69) is 20.3 Å². The SMILES string of the molecule is CC(=O)OCC1CN(C(=O)OC(C)(C)C)CCN1CC(=O)N(C)CCCN(C)c1ccc(-c2ccnc(Nc3cccc(CO)c3)n2)cn1. The van der Waals surface area contributed by atoms with Crippen molar-refractivity contribution >= 4 is 35.4 Å². The molecule has 1 aromatic carbocycles. The van der Waals surface area contributed by atoms with Gasteiger partial charge in [-0.1, -0.05) is 12.1 Å². The number of carbonyl (C=O) groups excluding carboxylic acids is 3. The highest BCUT2D eigenvalue weighted by molar-refractivity contribution is 5.78. The number of carbonyl (C=O) groups is 3. The van der Waals surface area contributed by atoms with Gasteiger partial charge < -0.3 is 34.6 Å². The lowest BCUT2D eigenvalue weighted by atomic mass is 10.1. The molecule has 2 N–H and O–H groups in total. The summed E-state index contributed by atoms with van der Waals surface area (Å²) in [7, 11) is 3.74. The first-order valence-electron chi connectivity index (χ1n) is 16.4. The first-order valence-corrected chi connectivity index (χ1v) is 16.4. The summed E-state index contributed by atoms with van der Waals surface area (Å²) < 4.78 is 10.8. The Bertz CT molecular complexity index is 1560. The van der Waals surface area contributed by atoms with E-state index in [1.165, 1.54) is 6.92 Å². The van der Waals surface area contributed by atoms with Crippen molar-refractivity contribution in [1.82, 2.24) is 29.7 Å². The van der Waals surface area contributed by atoms with Gasteiger partial charge in [-0.05, 0) is 63.1 Å². The van der Waals surface area contributed by atoms with Crippen molar-refractivity contribution < 1.29 is 29.0 Å². The van der Waals surface area contributed by atoms with E-state index < -0.39 is 17.7 Å². The van der Waals surface area contributed by atoms with Gasteiger partial charge >= 0.3 is 12.1 Å². The molecule has 1 saturated heterocycles. The van der Waals surface area contributed by atoms with Gasteiger partial charge in [0.05, 0.1) is 24.9 Å². The lowest BCUT2D eigenvalue weighted by Crippen LogP contribution is -2.58. The number of anilines is 3. The second-order valence-electron chi connectivity index (χ2n) is 13.1. The first-order chi connectivity index (χ1) is 23.3. The third-order valence-electron chi connectivity index (χ3n) is 7.94. The summed E-state index contributed by atoms with van der Waals surface area (Å²) in [6.07, 6.45) is 3.76. The molecule has 1 aliphatic heterocycles. The zero-order chi connectivity index (χ0) is 35.6. The number of hydrogen-bond donors (Lipinski definition) is 2. The highest BCUT2D eigenvalue weighted by Gasteiger charge is 2.34. The quantitative estimate of drug-likeness (QED) is 0.255. The van der Waals surface area contributed by atoms with Gasteiger partial charge in [-0.3, -0.25) is 14.5 Å². The van der Waals surface area contributed by atoms with Crippen LogP contribution >= 0.6 is 0 Å². The second kappa shape index (κ2) is 17.0. The van der Waals surface area contributed by atoms with Gasteiger partial charge in [0.15, 0.2) is 0 Å². The molecular formula is C35H48N8O6. The van der Waals surface area contributed by atoms with Gasteiger partial charge in [-0.25, -0.2) is 19.7 Å². The van der Waals surface area contributed by atoms with Crippen LogP contribution in [0.25, 0.3) is 11.3 Å². The number of benzene rings is 1. The van der Waals surface area contributed by atoms with Crippen molar-refractivity contribution in [3.05, 3.63) is 60.4 Å². The summed E-state index contributed by atoms with van der Waals surface area (Å²) in [6.45, 7) is 9.36. The number of nitrogens with one attached hydrogen (secondary N) is 1. The zero-order valence-corrected chi connectivity index (χ0v) is 29.3. The molecule has 2 amide bonds. The Labute approximate surface area is 288 Å². The maximum absolute atomic E-state index is 13.2. The Morgan fingerprint density at radius 1 is 1.06 bits per heavy atom. The van der Waals surface area contributed by atoms with Crippen molar-refractivity contribution in [3.63, 3.8) is 0 Å². The Morgan fingerprint density at radius 2 is 1.86 bits per heavy atom. The number of aromatic nitrogens is 3. The van der Waals surface area contributed by atoms with Gasteiger partial charge in [-0.15, -0.1) is 0 Å². The average molecular weight is 677 g/mol. The zero-order valence-electron chi connectivity index (χ0n) is 29.3. The first kappa shape index (κ1) is 37.0. The number of rotatable bonds is 13.